The van der Waals surface area contributed by atoms with Crippen LogP contribution in [-0.4, -0.2) is 23.7 Å². The van der Waals surface area contributed by atoms with Gasteiger partial charge in [0.15, 0.2) is 11.7 Å². The quantitative estimate of drug-likeness (QED) is 0.593. The normalized spacial score (nSPS) is 20.1. The molecule has 2 N–H and O–H groups in total. The fourth-order valence-electron chi connectivity index (χ4n) is 3.42. The number of thiophene rings is 1. The molecular formula is C20H19F3N2O2S. The molecular weight excluding hydrogens is 389 g/mol. The average molecular weight is 408 g/mol. The molecule has 0 aliphatic heterocycles. The first-order chi connectivity index (χ1) is 13.3. The Morgan fingerprint density at radius 2 is 2.11 bits per heavy atom. The van der Waals surface area contributed by atoms with Gasteiger partial charge in [0.1, 0.15) is 0 Å². The summed E-state index contributed by atoms with van der Waals surface area (Å²) in [4.78, 5) is 16.6. The molecule has 0 spiro atoms. The first-order valence-corrected chi connectivity index (χ1v) is 9.79. The lowest BCUT2D eigenvalue weighted by molar-refractivity contribution is -0.152. The van der Waals surface area contributed by atoms with Crippen LogP contribution in [0.4, 0.5) is 13.2 Å². The molecule has 3 atom stereocenters. The molecule has 0 radical (unpaired) electrons. The van der Waals surface area contributed by atoms with E-state index in [1.54, 1.807) is 6.07 Å². The first kappa shape index (κ1) is 18.9. The largest absolute Gasteiger partial charge is 0.475 e. The van der Waals surface area contributed by atoms with Gasteiger partial charge in [-0.1, -0.05) is 18.2 Å². The van der Waals surface area contributed by atoms with Gasteiger partial charge in [-0.2, -0.15) is 13.2 Å². The highest BCUT2D eigenvalue weighted by Crippen LogP contribution is 2.50. The molecule has 1 aliphatic carbocycles. The average Bonchev–Trinajstić information content (AvgIpc) is 3.11. The zero-order valence-electron chi connectivity index (χ0n) is 15.0. The SMILES string of the molecule is C[C@@H](NC(=O)C1CC1c1c[nH]c2ccccc12)c1ccc(OCC(F)(F)F)s1. The van der Waals surface area contributed by atoms with E-state index in [2.05, 4.69) is 10.3 Å². The van der Waals surface area contributed by atoms with E-state index in [0.29, 0.717) is 0 Å². The Hall–Kier alpha value is -2.48. The number of nitrogens with one attached hydrogen (secondary N) is 2. The maximum atomic E-state index is 12.6. The van der Waals surface area contributed by atoms with Gasteiger partial charge >= 0.3 is 6.18 Å². The lowest BCUT2D eigenvalue weighted by atomic mass is 10.1. The first-order valence-electron chi connectivity index (χ1n) is 8.97. The number of H-pyrrole nitrogens is 1. The van der Waals surface area contributed by atoms with Crippen molar-refractivity contribution in [3.63, 3.8) is 0 Å². The predicted molar refractivity (Wildman–Crippen MR) is 102 cm³/mol. The number of carbonyl (C=O) groups is 1. The van der Waals surface area contributed by atoms with Crippen LogP contribution in [0.5, 0.6) is 5.06 Å². The number of carbonyl (C=O) groups excluding carboxylic acids is 1. The number of hydrogen-bond acceptors (Lipinski definition) is 3. The Morgan fingerprint density at radius 1 is 1.32 bits per heavy atom. The smallest absolute Gasteiger partial charge is 0.422 e. The third kappa shape index (κ3) is 4.01. The molecule has 2 heterocycles. The lowest BCUT2D eigenvalue weighted by Gasteiger charge is -2.12. The van der Waals surface area contributed by atoms with Crippen LogP contribution in [-0.2, 0) is 4.79 Å². The number of fused-ring (bicyclic) bond motifs is 1. The van der Waals surface area contributed by atoms with E-state index in [1.807, 2.05) is 37.4 Å². The number of ether oxygens (including phenoxy) is 1. The Morgan fingerprint density at radius 3 is 2.89 bits per heavy atom. The highest BCUT2D eigenvalue weighted by atomic mass is 32.1. The van der Waals surface area contributed by atoms with E-state index >= 15 is 0 Å². The molecule has 2 aromatic heterocycles. The minimum absolute atomic E-state index is 0.0334. The van der Waals surface area contributed by atoms with Crippen LogP contribution in [0.2, 0.25) is 0 Å². The van der Waals surface area contributed by atoms with Gasteiger partial charge in [0, 0.05) is 27.9 Å². The van der Waals surface area contributed by atoms with Gasteiger partial charge < -0.3 is 15.0 Å². The van der Waals surface area contributed by atoms with Crippen molar-refractivity contribution in [3.05, 3.63) is 53.0 Å². The molecule has 1 amide bonds. The third-order valence-electron chi connectivity index (χ3n) is 4.91. The number of halogens is 3. The molecule has 148 valence electrons. The summed E-state index contributed by atoms with van der Waals surface area (Å²) >= 11 is 1.11. The van der Waals surface area contributed by atoms with Gasteiger partial charge in [0.05, 0.1) is 6.04 Å². The van der Waals surface area contributed by atoms with Crippen molar-refractivity contribution in [2.75, 3.05) is 6.61 Å². The second-order valence-electron chi connectivity index (χ2n) is 7.03. The molecule has 1 aliphatic rings. The van der Waals surface area contributed by atoms with Crippen molar-refractivity contribution in [2.24, 2.45) is 5.92 Å². The zero-order valence-corrected chi connectivity index (χ0v) is 15.9. The van der Waals surface area contributed by atoms with E-state index < -0.39 is 12.8 Å². The van der Waals surface area contributed by atoms with Crippen molar-refractivity contribution in [3.8, 4) is 5.06 Å². The van der Waals surface area contributed by atoms with Crippen LogP contribution in [0.15, 0.2) is 42.6 Å². The van der Waals surface area contributed by atoms with Crippen molar-refractivity contribution in [1.29, 1.82) is 0 Å². The highest BCUT2D eigenvalue weighted by molar-refractivity contribution is 7.13. The standard InChI is InChI=1S/C20H19F3N2O2S/c1-11(17-6-7-18(28-17)27-10-20(21,22)23)25-19(26)14-8-13(14)15-9-24-16-5-3-2-4-12(15)16/h2-7,9,11,13-14,24H,8,10H2,1H3,(H,25,26)/t11-,13?,14?/m1/s1. The summed E-state index contributed by atoms with van der Waals surface area (Å²) in [6.45, 7) is 0.502. The highest BCUT2D eigenvalue weighted by Gasteiger charge is 2.45. The van der Waals surface area contributed by atoms with Crippen LogP contribution in [0.3, 0.4) is 0 Å². The van der Waals surface area contributed by atoms with E-state index in [-0.39, 0.29) is 28.8 Å². The summed E-state index contributed by atoms with van der Waals surface area (Å²) in [5, 5.41) is 4.30. The molecule has 28 heavy (non-hydrogen) atoms. The van der Waals surface area contributed by atoms with Crippen molar-refractivity contribution < 1.29 is 22.7 Å². The molecule has 4 rings (SSSR count). The second kappa shape index (κ2) is 7.16. The van der Waals surface area contributed by atoms with Crippen molar-refractivity contribution in [2.45, 2.75) is 31.5 Å². The van der Waals surface area contributed by atoms with Gasteiger partial charge in [0.2, 0.25) is 5.91 Å². The number of aromatic nitrogens is 1. The topological polar surface area (TPSA) is 54.1 Å². The summed E-state index contributed by atoms with van der Waals surface area (Å²) < 4.78 is 41.5. The zero-order chi connectivity index (χ0) is 19.9. The van der Waals surface area contributed by atoms with E-state index in [9.17, 15) is 18.0 Å². The van der Waals surface area contributed by atoms with Crippen LogP contribution in [0, 0.1) is 5.92 Å². The fourth-order valence-corrected chi connectivity index (χ4v) is 4.28. The van der Waals surface area contributed by atoms with Gasteiger partial charge in [-0.05, 0) is 43.0 Å². The molecule has 0 bridgehead atoms. The van der Waals surface area contributed by atoms with Crippen molar-refractivity contribution >= 4 is 28.1 Å². The minimum Gasteiger partial charge on any atom is -0.475 e. The van der Waals surface area contributed by atoms with E-state index in [1.165, 1.54) is 6.07 Å². The van der Waals surface area contributed by atoms with Crippen LogP contribution >= 0.6 is 11.3 Å². The number of aromatic amines is 1. The molecule has 2 unspecified atom stereocenters. The van der Waals surface area contributed by atoms with Crippen LogP contribution in [0.25, 0.3) is 10.9 Å². The molecule has 1 aromatic carbocycles. The summed E-state index contributed by atoms with van der Waals surface area (Å²) in [7, 11) is 0. The van der Waals surface area contributed by atoms with Crippen LogP contribution in [0.1, 0.15) is 35.7 Å². The Kier molecular flexibility index (Phi) is 4.82. The number of amides is 1. The van der Waals surface area contributed by atoms with Crippen LogP contribution < -0.4 is 10.1 Å². The number of rotatable bonds is 6. The van der Waals surface area contributed by atoms with Gasteiger partial charge in [-0.25, -0.2) is 0 Å². The van der Waals surface area contributed by atoms with Gasteiger partial charge in [-0.3, -0.25) is 4.79 Å². The molecule has 4 nitrogen and oxygen atoms in total. The lowest BCUT2D eigenvalue weighted by Crippen LogP contribution is -2.27. The van der Waals surface area contributed by atoms with Crippen molar-refractivity contribution in [1.82, 2.24) is 10.3 Å². The van der Waals surface area contributed by atoms with E-state index in [0.717, 1.165) is 39.1 Å². The summed E-state index contributed by atoms with van der Waals surface area (Å²) in [6.07, 6.45) is -1.60. The predicted octanol–water partition coefficient (Wildman–Crippen LogP) is 5.15. The summed E-state index contributed by atoms with van der Waals surface area (Å²) in [5.41, 5.74) is 2.21. The Balaban J connectivity index is 1.35. The fraction of sp³-hybridized carbons (Fsp3) is 0.350. The number of para-hydroxylation sites is 1. The number of hydrogen-bond donors (Lipinski definition) is 2. The second-order valence-corrected chi connectivity index (χ2v) is 8.11. The molecule has 3 aromatic rings. The molecule has 1 saturated carbocycles. The maximum Gasteiger partial charge on any atom is 0.422 e. The maximum absolute atomic E-state index is 12.6. The molecule has 0 saturated heterocycles. The van der Waals surface area contributed by atoms with E-state index in [4.69, 9.17) is 4.74 Å². The monoisotopic (exact) mass is 408 g/mol. The number of benzene rings is 1. The summed E-state index contributed by atoms with van der Waals surface area (Å²) in [6, 6.07) is 10.9. The summed E-state index contributed by atoms with van der Waals surface area (Å²) in [5.74, 6) is 0.0777. The number of alkyl halides is 3. The Bertz CT molecular complexity index is 995. The third-order valence-corrected chi connectivity index (χ3v) is 6.09. The minimum atomic E-state index is -4.37. The molecule has 8 heteroatoms. The van der Waals surface area contributed by atoms with Gasteiger partial charge in [0.25, 0.3) is 0 Å². The molecule has 1 fully saturated rings. The van der Waals surface area contributed by atoms with Gasteiger partial charge in [-0.15, -0.1) is 11.3 Å². The Labute approximate surface area is 163 Å².